The van der Waals surface area contributed by atoms with E-state index in [1.165, 1.54) is 0 Å². The van der Waals surface area contributed by atoms with E-state index in [1.807, 2.05) is 13.8 Å². The standard InChI is InChI=1S/C14H20N2O3/c1-9(2)12(15)13(17)16-8-7-10-3-5-11(6-4-10)14(18)19/h3-6,9,12H,7-8,15H2,1-2H3,(H,16,17)(H,18,19). The van der Waals surface area contributed by atoms with E-state index in [9.17, 15) is 9.59 Å². The number of hydrogen-bond donors (Lipinski definition) is 3. The van der Waals surface area contributed by atoms with Crippen LogP contribution in [-0.4, -0.2) is 29.6 Å². The number of nitrogens with two attached hydrogens (primary N) is 1. The molecule has 5 nitrogen and oxygen atoms in total. The zero-order chi connectivity index (χ0) is 14.4. The number of aromatic carboxylic acids is 1. The zero-order valence-electron chi connectivity index (χ0n) is 11.2. The summed E-state index contributed by atoms with van der Waals surface area (Å²) < 4.78 is 0. The molecule has 0 aliphatic rings. The fraction of sp³-hybridized carbons (Fsp3) is 0.429. The number of rotatable bonds is 6. The monoisotopic (exact) mass is 264 g/mol. The van der Waals surface area contributed by atoms with Gasteiger partial charge in [0.05, 0.1) is 11.6 Å². The van der Waals surface area contributed by atoms with Crippen molar-refractivity contribution in [2.24, 2.45) is 11.7 Å². The number of carbonyl (C=O) groups excluding carboxylic acids is 1. The van der Waals surface area contributed by atoms with Crippen LogP contribution in [-0.2, 0) is 11.2 Å². The molecule has 5 heteroatoms. The molecule has 0 fully saturated rings. The molecule has 0 aliphatic heterocycles. The maximum atomic E-state index is 11.6. The van der Waals surface area contributed by atoms with Gasteiger partial charge in [-0.05, 0) is 30.0 Å². The lowest BCUT2D eigenvalue weighted by molar-refractivity contribution is -0.123. The molecule has 0 saturated carbocycles. The van der Waals surface area contributed by atoms with Crippen LogP contribution in [0.2, 0.25) is 0 Å². The number of carboxylic acid groups (broad SMARTS) is 1. The van der Waals surface area contributed by atoms with E-state index >= 15 is 0 Å². The van der Waals surface area contributed by atoms with Gasteiger partial charge in [0.1, 0.15) is 0 Å². The number of nitrogens with one attached hydrogen (secondary N) is 1. The van der Waals surface area contributed by atoms with E-state index in [-0.39, 0.29) is 17.4 Å². The van der Waals surface area contributed by atoms with Crippen LogP contribution in [0.25, 0.3) is 0 Å². The molecule has 0 bridgehead atoms. The zero-order valence-corrected chi connectivity index (χ0v) is 11.2. The average Bonchev–Trinajstić information content (AvgIpc) is 2.38. The van der Waals surface area contributed by atoms with Gasteiger partial charge in [-0.25, -0.2) is 4.79 Å². The molecule has 0 spiro atoms. The Morgan fingerprint density at radius 1 is 1.26 bits per heavy atom. The smallest absolute Gasteiger partial charge is 0.335 e. The highest BCUT2D eigenvalue weighted by molar-refractivity contribution is 5.87. The van der Waals surface area contributed by atoms with Gasteiger partial charge in [-0.1, -0.05) is 26.0 Å². The largest absolute Gasteiger partial charge is 0.478 e. The van der Waals surface area contributed by atoms with Crippen molar-refractivity contribution < 1.29 is 14.7 Å². The van der Waals surface area contributed by atoms with E-state index < -0.39 is 12.0 Å². The number of amides is 1. The second kappa shape index (κ2) is 6.89. The summed E-state index contributed by atoms with van der Waals surface area (Å²) in [5.74, 6) is -0.991. The molecule has 0 aromatic heterocycles. The Hall–Kier alpha value is -1.88. The summed E-state index contributed by atoms with van der Waals surface area (Å²) in [4.78, 5) is 22.3. The first kappa shape index (κ1) is 15.2. The number of hydrogen-bond acceptors (Lipinski definition) is 3. The minimum Gasteiger partial charge on any atom is -0.478 e. The Morgan fingerprint density at radius 2 is 1.84 bits per heavy atom. The first-order chi connectivity index (χ1) is 8.91. The molecule has 1 aromatic carbocycles. The van der Waals surface area contributed by atoms with Crippen molar-refractivity contribution in [1.29, 1.82) is 0 Å². The Labute approximate surface area is 112 Å². The highest BCUT2D eigenvalue weighted by atomic mass is 16.4. The lowest BCUT2D eigenvalue weighted by atomic mass is 10.0. The molecular weight excluding hydrogens is 244 g/mol. The highest BCUT2D eigenvalue weighted by Gasteiger charge is 2.16. The van der Waals surface area contributed by atoms with Crippen LogP contribution >= 0.6 is 0 Å². The second-order valence-corrected chi connectivity index (χ2v) is 4.81. The minimum absolute atomic E-state index is 0.106. The molecule has 1 unspecified atom stereocenters. The summed E-state index contributed by atoms with van der Waals surface area (Å²) in [5.41, 5.74) is 6.95. The molecule has 19 heavy (non-hydrogen) atoms. The molecule has 0 radical (unpaired) electrons. The molecule has 0 heterocycles. The first-order valence-electron chi connectivity index (χ1n) is 6.27. The van der Waals surface area contributed by atoms with Crippen LogP contribution in [0.3, 0.4) is 0 Å². The summed E-state index contributed by atoms with van der Waals surface area (Å²) in [5, 5.41) is 11.5. The molecule has 1 amide bonds. The van der Waals surface area contributed by atoms with Gasteiger partial charge in [-0.3, -0.25) is 4.79 Å². The van der Waals surface area contributed by atoms with E-state index in [0.29, 0.717) is 13.0 Å². The predicted octanol–water partition coefficient (Wildman–Crippen LogP) is 1.03. The van der Waals surface area contributed by atoms with E-state index in [2.05, 4.69) is 5.32 Å². The van der Waals surface area contributed by atoms with Crippen molar-refractivity contribution in [3.63, 3.8) is 0 Å². The Bertz CT molecular complexity index is 441. The third-order valence-corrected chi connectivity index (χ3v) is 2.93. The van der Waals surface area contributed by atoms with Gasteiger partial charge in [-0.15, -0.1) is 0 Å². The van der Waals surface area contributed by atoms with Crippen molar-refractivity contribution in [3.05, 3.63) is 35.4 Å². The van der Waals surface area contributed by atoms with Crippen molar-refractivity contribution in [2.45, 2.75) is 26.3 Å². The third-order valence-electron chi connectivity index (χ3n) is 2.93. The summed E-state index contributed by atoms with van der Waals surface area (Å²) in [7, 11) is 0. The number of carboxylic acids is 1. The number of benzene rings is 1. The van der Waals surface area contributed by atoms with Crippen LogP contribution in [0, 0.1) is 5.92 Å². The normalized spacial score (nSPS) is 12.2. The van der Waals surface area contributed by atoms with Gasteiger partial charge in [0.15, 0.2) is 0 Å². The predicted molar refractivity (Wildman–Crippen MR) is 72.9 cm³/mol. The third kappa shape index (κ3) is 4.71. The second-order valence-electron chi connectivity index (χ2n) is 4.81. The highest BCUT2D eigenvalue weighted by Crippen LogP contribution is 2.05. The Morgan fingerprint density at radius 3 is 2.32 bits per heavy atom. The van der Waals surface area contributed by atoms with Crippen LogP contribution in [0.5, 0.6) is 0 Å². The van der Waals surface area contributed by atoms with Crippen molar-refractivity contribution in [1.82, 2.24) is 5.32 Å². The summed E-state index contributed by atoms with van der Waals surface area (Å²) in [6.07, 6.45) is 0.649. The SMILES string of the molecule is CC(C)C(N)C(=O)NCCc1ccc(C(=O)O)cc1. The Kier molecular flexibility index (Phi) is 5.51. The quantitative estimate of drug-likeness (QED) is 0.715. The molecule has 1 rings (SSSR count). The molecule has 104 valence electrons. The van der Waals surface area contributed by atoms with Crippen molar-refractivity contribution in [3.8, 4) is 0 Å². The van der Waals surface area contributed by atoms with Crippen LogP contribution in [0.15, 0.2) is 24.3 Å². The molecule has 4 N–H and O–H groups in total. The van der Waals surface area contributed by atoms with Gasteiger partial charge >= 0.3 is 5.97 Å². The van der Waals surface area contributed by atoms with E-state index in [1.54, 1.807) is 24.3 Å². The maximum absolute atomic E-state index is 11.6. The average molecular weight is 264 g/mol. The fourth-order valence-corrected chi connectivity index (χ4v) is 1.56. The molecule has 0 saturated heterocycles. The van der Waals surface area contributed by atoms with Gasteiger partial charge in [-0.2, -0.15) is 0 Å². The minimum atomic E-state index is -0.942. The summed E-state index contributed by atoms with van der Waals surface area (Å²) >= 11 is 0. The van der Waals surface area contributed by atoms with Crippen LogP contribution in [0.4, 0.5) is 0 Å². The molecule has 1 aromatic rings. The lowest BCUT2D eigenvalue weighted by Crippen LogP contribution is -2.44. The molecule has 0 aliphatic carbocycles. The lowest BCUT2D eigenvalue weighted by Gasteiger charge is -2.15. The molecule has 1 atom stereocenters. The topological polar surface area (TPSA) is 92.4 Å². The van der Waals surface area contributed by atoms with Crippen LogP contribution in [0.1, 0.15) is 29.8 Å². The summed E-state index contributed by atoms with van der Waals surface area (Å²) in [6, 6.07) is 6.11. The van der Waals surface area contributed by atoms with Crippen LogP contribution < -0.4 is 11.1 Å². The molecular formula is C14H20N2O3. The summed E-state index contributed by atoms with van der Waals surface area (Å²) in [6.45, 7) is 4.29. The van der Waals surface area contributed by atoms with Gasteiger partial charge in [0, 0.05) is 6.54 Å². The Balaban J connectivity index is 2.41. The van der Waals surface area contributed by atoms with Gasteiger partial charge in [0.2, 0.25) is 5.91 Å². The van der Waals surface area contributed by atoms with Gasteiger partial charge < -0.3 is 16.2 Å². The number of carbonyl (C=O) groups is 2. The fourth-order valence-electron chi connectivity index (χ4n) is 1.56. The van der Waals surface area contributed by atoms with Crippen molar-refractivity contribution in [2.75, 3.05) is 6.54 Å². The van der Waals surface area contributed by atoms with E-state index in [0.717, 1.165) is 5.56 Å². The van der Waals surface area contributed by atoms with Gasteiger partial charge in [0.25, 0.3) is 0 Å². The van der Waals surface area contributed by atoms with E-state index in [4.69, 9.17) is 10.8 Å². The van der Waals surface area contributed by atoms with Crippen molar-refractivity contribution >= 4 is 11.9 Å². The first-order valence-corrected chi connectivity index (χ1v) is 6.27. The maximum Gasteiger partial charge on any atom is 0.335 e.